The van der Waals surface area contributed by atoms with Gasteiger partial charge in [-0.2, -0.15) is 0 Å². The first kappa shape index (κ1) is 20.4. The number of rotatable bonds is 7. The maximum Gasteiger partial charge on any atom is 0.306 e. The van der Waals surface area contributed by atoms with E-state index in [0.717, 1.165) is 23.0 Å². The molecule has 29 heavy (non-hydrogen) atoms. The molecule has 0 spiro atoms. The van der Waals surface area contributed by atoms with E-state index in [1.165, 1.54) is 5.56 Å². The first-order valence-corrected chi connectivity index (χ1v) is 9.71. The van der Waals surface area contributed by atoms with Crippen molar-refractivity contribution >= 4 is 28.8 Å². The molecule has 0 radical (unpaired) electrons. The molecule has 0 unspecified atom stereocenters. The number of anilines is 2. The Morgan fingerprint density at radius 2 is 1.93 bits per heavy atom. The summed E-state index contributed by atoms with van der Waals surface area (Å²) in [7, 11) is 0. The first-order chi connectivity index (χ1) is 13.9. The number of H-pyrrole nitrogens is 1. The summed E-state index contributed by atoms with van der Waals surface area (Å²) in [5.41, 5.74) is 3.61. The van der Waals surface area contributed by atoms with Gasteiger partial charge in [0.15, 0.2) is 0 Å². The number of aromatic nitrogens is 4. The van der Waals surface area contributed by atoms with Crippen molar-refractivity contribution in [1.82, 2.24) is 19.9 Å². The molecule has 152 valence electrons. The molecule has 1 aromatic carbocycles. The molecule has 2 heterocycles. The second kappa shape index (κ2) is 8.81. The van der Waals surface area contributed by atoms with E-state index in [9.17, 15) is 9.59 Å². The highest BCUT2D eigenvalue weighted by Gasteiger charge is 2.13. The van der Waals surface area contributed by atoms with Gasteiger partial charge in [-0.05, 0) is 51.3 Å². The Balaban J connectivity index is 1.83. The third kappa shape index (κ3) is 4.77. The van der Waals surface area contributed by atoms with Crippen molar-refractivity contribution in [3.8, 4) is 0 Å². The quantitative estimate of drug-likeness (QED) is 0.591. The molecule has 8 nitrogen and oxygen atoms in total. The van der Waals surface area contributed by atoms with Crippen LogP contribution in [0.4, 0.5) is 11.9 Å². The van der Waals surface area contributed by atoms with Crippen molar-refractivity contribution in [1.29, 1.82) is 0 Å². The molecule has 2 N–H and O–H groups in total. The topological polar surface area (TPSA) is 110 Å². The zero-order valence-corrected chi connectivity index (χ0v) is 17.1. The highest BCUT2D eigenvalue weighted by Crippen LogP contribution is 2.20. The van der Waals surface area contributed by atoms with Crippen molar-refractivity contribution in [2.24, 2.45) is 0 Å². The van der Waals surface area contributed by atoms with Gasteiger partial charge in [-0.15, -0.1) is 0 Å². The summed E-state index contributed by atoms with van der Waals surface area (Å²) in [6.45, 7) is 7.83. The number of nitrogens with one attached hydrogen (secondary N) is 2. The summed E-state index contributed by atoms with van der Waals surface area (Å²) < 4.78 is 4.91. The van der Waals surface area contributed by atoms with Gasteiger partial charge >= 0.3 is 5.97 Å². The van der Waals surface area contributed by atoms with Gasteiger partial charge in [-0.1, -0.05) is 13.0 Å². The van der Waals surface area contributed by atoms with Crippen LogP contribution in [0.3, 0.4) is 0 Å². The number of hydrogen-bond acceptors (Lipinski definition) is 7. The lowest BCUT2D eigenvalue weighted by Crippen LogP contribution is -2.20. The van der Waals surface area contributed by atoms with Crippen LogP contribution in [-0.2, 0) is 22.4 Å². The molecule has 0 amide bonds. The van der Waals surface area contributed by atoms with Gasteiger partial charge in [-0.3, -0.25) is 19.9 Å². The van der Waals surface area contributed by atoms with Crippen LogP contribution >= 0.6 is 0 Å². The predicted molar refractivity (Wildman–Crippen MR) is 111 cm³/mol. The van der Waals surface area contributed by atoms with Gasteiger partial charge in [0.1, 0.15) is 0 Å². The molecule has 2 aromatic heterocycles. The highest BCUT2D eigenvalue weighted by molar-refractivity contribution is 5.82. The zero-order chi connectivity index (χ0) is 21.0. The van der Waals surface area contributed by atoms with Crippen LogP contribution in [0.2, 0.25) is 0 Å². The minimum atomic E-state index is -0.334. The lowest BCUT2D eigenvalue weighted by molar-refractivity contribution is -0.143. The Hall–Kier alpha value is -3.29. The van der Waals surface area contributed by atoms with Crippen LogP contribution < -0.4 is 10.9 Å². The van der Waals surface area contributed by atoms with Crippen LogP contribution in [-0.4, -0.2) is 32.5 Å². The largest absolute Gasteiger partial charge is 0.466 e. The Morgan fingerprint density at radius 1 is 1.14 bits per heavy atom. The number of carbonyl (C=O) groups is 1. The normalized spacial score (nSPS) is 10.9. The molecule has 3 aromatic rings. The molecule has 0 aliphatic rings. The van der Waals surface area contributed by atoms with Crippen LogP contribution in [0.5, 0.6) is 0 Å². The van der Waals surface area contributed by atoms with E-state index >= 15 is 0 Å². The fourth-order valence-corrected chi connectivity index (χ4v) is 3.13. The third-order valence-corrected chi connectivity index (χ3v) is 4.70. The van der Waals surface area contributed by atoms with Crippen molar-refractivity contribution in [2.45, 2.75) is 47.0 Å². The molecule has 0 atom stereocenters. The van der Waals surface area contributed by atoms with E-state index in [-0.39, 0.29) is 30.3 Å². The van der Waals surface area contributed by atoms with E-state index in [2.05, 4.69) is 38.2 Å². The second-order valence-corrected chi connectivity index (χ2v) is 6.75. The molecule has 3 rings (SSSR count). The monoisotopic (exact) mass is 395 g/mol. The fourth-order valence-electron chi connectivity index (χ4n) is 3.13. The SMILES string of the molecule is CCOC(=O)CCc1c(C)nc(Nc2nc(C)c3cc(CC)ccc3n2)[nH]c1=O. The van der Waals surface area contributed by atoms with Gasteiger partial charge < -0.3 is 4.74 Å². The molecule has 8 heteroatoms. The van der Waals surface area contributed by atoms with E-state index in [0.29, 0.717) is 23.8 Å². The van der Waals surface area contributed by atoms with Crippen molar-refractivity contribution in [2.75, 3.05) is 11.9 Å². The van der Waals surface area contributed by atoms with Gasteiger partial charge in [-0.25, -0.2) is 15.0 Å². The molecule has 0 aliphatic carbocycles. The second-order valence-electron chi connectivity index (χ2n) is 6.75. The number of esters is 1. The number of nitrogens with zero attached hydrogens (tertiary/aromatic N) is 3. The standard InChI is InChI=1S/C21H25N5O3/c1-5-14-7-9-17-16(11-14)13(4)23-20(24-17)26-21-22-12(3)15(19(28)25-21)8-10-18(27)29-6-2/h7,9,11H,5-6,8,10H2,1-4H3,(H2,22,23,24,25,26,28). The minimum absolute atomic E-state index is 0.138. The maximum absolute atomic E-state index is 12.4. The summed E-state index contributed by atoms with van der Waals surface area (Å²) in [6, 6.07) is 6.10. The first-order valence-electron chi connectivity index (χ1n) is 9.71. The fraction of sp³-hybridized carbons (Fsp3) is 0.381. The van der Waals surface area contributed by atoms with Gasteiger partial charge in [0.05, 0.1) is 17.8 Å². The predicted octanol–water partition coefficient (Wildman–Crippen LogP) is 3.13. The average molecular weight is 395 g/mol. The van der Waals surface area contributed by atoms with Gasteiger partial charge in [0.25, 0.3) is 5.56 Å². The Labute approximate surface area is 168 Å². The lowest BCUT2D eigenvalue weighted by Gasteiger charge is -2.10. The summed E-state index contributed by atoms with van der Waals surface area (Å²) >= 11 is 0. The maximum atomic E-state index is 12.4. The van der Waals surface area contributed by atoms with Crippen LogP contribution in [0, 0.1) is 13.8 Å². The zero-order valence-electron chi connectivity index (χ0n) is 17.1. The summed E-state index contributed by atoms with van der Waals surface area (Å²) in [5, 5.41) is 3.98. The number of benzene rings is 1. The summed E-state index contributed by atoms with van der Waals surface area (Å²) in [5.74, 6) is 0.289. The number of fused-ring (bicyclic) bond motifs is 1. The van der Waals surface area contributed by atoms with E-state index in [1.807, 2.05) is 19.1 Å². The molecule has 0 fully saturated rings. The average Bonchev–Trinajstić information content (AvgIpc) is 2.67. The Morgan fingerprint density at radius 3 is 2.62 bits per heavy atom. The molecule has 0 aliphatic heterocycles. The smallest absolute Gasteiger partial charge is 0.306 e. The summed E-state index contributed by atoms with van der Waals surface area (Å²) in [4.78, 5) is 40.1. The highest BCUT2D eigenvalue weighted by atomic mass is 16.5. The molecule has 0 bridgehead atoms. The molecule has 0 saturated carbocycles. The number of carbonyl (C=O) groups excluding carboxylic acids is 1. The third-order valence-electron chi connectivity index (χ3n) is 4.70. The number of aryl methyl sites for hydroxylation is 3. The summed E-state index contributed by atoms with van der Waals surface area (Å²) in [6.07, 6.45) is 1.36. The lowest BCUT2D eigenvalue weighted by atomic mass is 10.1. The number of aromatic amines is 1. The molecule has 0 saturated heterocycles. The van der Waals surface area contributed by atoms with E-state index in [4.69, 9.17) is 4.74 Å². The van der Waals surface area contributed by atoms with Crippen LogP contribution in [0.1, 0.15) is 42.8 Å². The molecular weight excluding hydrogens is 370 g/mol. The number of ether oxygens (including phenoxy) is 1. The van der Waals surface area contributed by atoms with E-state index < -0.39 is 0 Å². The minimum Gasteiger partial charge on any atom is -0.466 e. The van der Waals surface area contributed by atoms with Crippen LogP contribution in [0.15, 0.2) is 23.0 Å². The van der Waals surface area contributed by atoms with Gasteiger partial charge in [0, 0.05) is 23.1 Å². The van der Waals surface area contributed by atoms with E-state index in [1.54, 1.807) is 13.8 Å². The van der Waals surface area contributed by atoms with Crippen molar-refractivity contribution < 1.29 is 9.53 Å². The van der Waals surface area contributed by atoms with Crippen LogP contribution in [0.25, 0.3) is 10.9 Å². The Kier molecular flexibility index (Phi) is 6.21. The van der Waals surface area contributed by atoms with Crippen molar-refractivity contribution in [3.05, 3.63) is 51.1 Å². The number of hydrogen-bond donors (Lipinski definition) is 2. The van der Waals surface area contributed by atoms with Gasteiger partial charge in [0.2, 0.25) is 11.9 Å². The molecular formula is C21H25N5O3. The van der Waals surface area contributed by atoms with Crippen molar-refractivity contribution in [3.63, 3.8) is 0 Å². The Bertz CT molecular complexity index is 1110.